The molecule has 8 heteroatoms. The molecule has 0 unspecified atom stereocenters. The normalized spacial score (nSPS) is 11.2. The Labute approximate surface area is 114 Å². The molecule has 2 N–H and O–H groups in total. The van der Waals surface area contributed by atoms with Crippen LogP contribution in [-0.4, -0.2) is 23.5 Å². The van der Waals surface area contributed by atoms with Gasteiger partial charge in [-0.3, -0.25) is 9.59 Å². The van der Waals surface area contributed by atoms with Gasteiger partial charge in [-0.25, -0.2) is 0 Å². The van der Waals surface area contributed by atoms with Crippen molar-refractivity contribution in [1.82, 2.24) is 5.32 Å². The van der Waals surface area contributed by atoms with Gasteiger partial charge in [0, 0.05) is 11.0 Å². The van der Waals surface area contributed by atoms with E-state index in [1.807, 2.05) is 0 Å². The summed E-state index contributed by atoms with van der Waals surface area (Å²) in [5, 5.41) is 10.6. The molecule has 0 atom stereocenters. The minimum Gasteiger partial charge on any atom is -0.481 e. The number of carbonyl (C=O) groups is 2. The lowest BCUT2D eigenvalue weighted by atomic mass is 10.1. The molecule has 4 nitrogen and oxygen atoms in total. The fraction of sp³-hybridized carbons (Fsp3) is 0.273. The van der Waals surface area contributed by atoms with E-state index < -0.39 is 23.6 Å². The number of amides is 1. The molecule has 0 aliphatic carbocycles. The smallest absolute Gasteiger partial charge is 0.416 e. The van der Waals surface area contributed by atoms with Gasteiger partial charge in [0.05, 0.1) is 17.5 Å². The number of halogens is 4. The molecular formula is C11H9BrF3NO3. The van der Waals surface area contributed by atoms with Crippen molar-refractivity contribution in [2.45, 2.75) is 12.6 Å². The highest BCUT2D eigenvalue weighted by atomic mass is 79.9. The van der Waals surface area contributed by atoms with Crippen molar-refractivity contribution in [2.75, 3.05) is 6.54 Å². The number of alkyl halides is 3. The molecule has 0 bridgehead atoms. The first-order valence-electron chi connectivity index (χ1n) is 5.08. The number of carboxylic acid groups (broad SMARTS) is 1. The predicted molar refractivity (Wildman–Crippen MR) is 63.7 cm³/mol. The lowest BCUT2D eigenvalue weighted by Crippen LogP contribution is -2.26. The topological polar surface area (TPSA) is 66.4 Å². The number of benzene rings is 1. The Morgan fingerprint density at radius 2 is 1.95 bits per heavy atom. The second kappa shape index (κ2) is 6.05. The lowest BCUT2D eigenvalue weighted by Gasteiger charge is -2.10. The molecule has 0 saturated heterocycles. The maximum Gasteiger partial charge on any atom is 0.416 e. The molecule has 1 aromatic rings. The standard InChI is InChI=1S/C11H9BrF3NO3/c12-8-2-1-6(11(13,14)15)5-7(8)10(19)16-4-3-9(17)18/h1-2,5H,3-4H2,(H,16,19)(H,17,18). The molecule has 0 aromatic heterocycles. The number of nitrogens with one attached hydrogen (secondary N) is 1. The number of aliphatic carboxylic acids is 1. The molecule has 19 heavy (non-hydrogen) atoms. The summed E-state index contributed by atoms with van der Waals surface area (Å²) < 4.78 is 37.7. The average Bonchev–Trinajstić information content (AvgIpc) is 2.27. The summed E-state index contributed by atoms with van der Waals surface area (Å²) in [7, 11) is 0. The van der Waals surface area contributed by atoms with Gasteiger partial charge in [0.2, 0.25) is 0 Å². The van der Waals surface area contributed by atoms with Crippen LogP contribution in [0.15, 0.2) is 22.7 Å². The van der Waals surface area contributed by atoms with E-state index in [9.17, 15) is 22.8 Å². The molecule has 1 rings (SSSR count). The van der Waals surface area contributed by atoms with Gasteiger partial charge < -0.3 is 10.4 Å². The molecule has 0 spiro atoms. The second-order valence-corrected chi connectivity index (χ2v) is 4.45. The Hall–Kier alpha value is -1.57. The first-order chi connectivity index (χ1) is 8.71. The number of carbonyl (C=O) groups excluding carboxylic acids is 1. The molecule has 104 valence electrons. The Kier molecular flexibility index (Phi) is 4.93. The zero-order valence-corrected chi connectivity index (χ0v) is 11.0. The first-order valence-corrected chi connectivity index (χ1v) is 5.88. The average molecular weight is 340 g/mol. The van der Waals surface area contributed by atoms with Crippen LogP contribution >= 0.6 is 15.9 Å². The molecule has 0 radical (unpaired) electrons. The van der Waals surface area contributed by atoms with Crippen molar-refractivity contribution in [3.05, 3.63) is 33.8 Å². The lowest BCUT2D eigenvalue weighted by molar-refractivity contribution is -0.138. The Morgan fingerprint density at radius 1 is 1.32 bits per heavy atom. The minimum atomic E-state index is -4.54. The van der Waals surface area contributed by atoms with Crippen LogP contribution in [0, 0.1) is 0 Å². The number of hydrogen-bond donors (Lipinski definition) is 2. The molecule has 0 aliphatic heterocycles. The van der Waals surface area contributed by atoms with Gasteiger partial charge in [-0.15, -0.1) is 0 Å². The van der Waals surface area contributed by atoms with E-state index >= 15 is 0 Å². The second-order valence-electron chi connectivity index (χ2n) is 3.59. The first kappa shape index (κ1) is 15.5. The van der Waals surface area contributed by atoms with Crippen LogP contribution in [0.2, 0.25) is 0 Å². The molecule has 0 fully saturated rings. The monoisotopic (exact) mass is 339 g/mol. The zero-order chi connectivity index (χ0) is 14.6. The van der Waals surface area contributed by atoms with Gasteiger partial charge in [-0.2, -0.15) is 13.2 Å². The van der Waals surface area contributed by atoms with Crippen molar-refractivity contribution in [2.24, 2.45) is 0 Å². The molecule has 1 amide bonds. The van der Waals surface area contributed by atoms with Crippen LogP contribution in [0.4, 0.5) is 13.2 Å². The maximum atomic E-state index is 12.5. The van der Waals surface area contributed by atoms with E-state index in [4.69, 9.17) is 5.11 Å². The maximum absolute atomic E-state index is 12.5. The van der Waals surface area contributed by atoms with E-state index in [0.717, 1.165) is 12.1 Å². The largest absolute Gasteiger partial charge is 0.481 e. The highest BCUT2D eigenvalue weighted by Crippen LogP contribution is 2.31. The van der Waals surface area contributed by atoms with E-state index in [-0.39, 0.29) is 23.0 Å². The van der Waals surface area contributed by atoms with Crippen molar-refractivity contribution in [3.63, 3.8) is 0 Å². The van der Waals surface area contributed by atoms with Crippen LogP contribution in [-0.2, 0) is 11.0 Å². The van der Waals surface area contributed by atoms with Gasteiger partial charge in [0.15, 0.2) is 0 Å². The summed E-state index contributed by atoms with van der Waals surface area (Å²) in [5.74, 6) is -1.87. The van der Waals surface area contributed by atoms with Crippen molar-refractivity contribution in [1.29, 1.82) is 0 Å². The highest BCUT2D eigenvalue weighted by Gasteiger charge is 2.31. The quantitative estimate of drug-likeness (QED) is 0.886. The summed E-state index contributed by atoms with van der Waals surface area (Å²) in [5.41, 5.74) is -1.14. The Bertz CT molecular complexity index is 502. The van der Waals surface area contributed by atoms with Crippen LogP contribution in [0.5, 0.6) is 0 Å². The highest BCUT2D eigenvalue weighted by molar-refractivity contribution is 9.10. The summed E-state index contributed by atoms with van der Waals surface area (Å²) in [6.45, 7) is -0.156. The third-order valence-corrected chi connectivity index (χ3v) is 2.85. The SMILES string of the molecule is O=C(O)CCNC(=O)c1cc(C(F)(F)F)ccc1Br. The van der Waals surface area contributed by atoms with E-state index in [1.165, 1.54) is 0 Å². The Balaban J connectivity index is 2.87. The van der Waals surface area contributed by atoms with Crippen LogP contribution in [0.1, 0.15) is 22.3 Å². The van der Waals surface area contributed by atoms with Crippen molar-refractivity contribution < 1.29 is 27.9 Å². The van der Waals surface area contributed by atoms with Gasteiger partial charge in [-0.05, 0) is 34.1 Å². The van der Waals surface area contributed by atoms with E-state index in [0.29, 0.717) is 6.07 Å². The Morgan fingerprint density at radius 3 is 2.47 bits per heavy atom. The molecule has 0 aliphatic rings. The van der Waals surface area contributed by atoms with Gasteiger partial charge >= 0.3 is 12.1 Å². The number of hydrogen-bond acceptors (Lipinski definition) is 2. The summed E-state index contributed by atoms with van der Waals surface area (Å²) >= 11 is 2.97. The third kappa shape index (κ3) is 4.55. The van der Waals surface area contributed by atoms with Crippen molar-refractivity contribution >= 4 is 27.8 Å². The van der Waals surface area contributed by atoms with Gasteiger partial charge in [0.1, 0.15) is 0 Å². The van der Waals surface area contributed by atoms with E-state index in [1.54, 1.807) is 0 Å². The summed E-state index contributed by atoms with van der Waals surface area (Å²) in [6, 6.07) is 2.67. The van der Waals surface area contributed by atoms with Gasteiger partial charge in [-0.1, -0.05) is 0 Å². The van der Waals surface area contributed by atoms with Gasteiger partial charge in [0.25, 0.3) is 5.91 Å². The fourth-order valence-corrected chi connectivity index (χ4v) is 1.68. The summed E-state index contributed by atoms with van der Waals surface area (Å²) in [4.78, 5) is 21.9. The van der Waals surface area contributed by atoms with Crippen molar-refractivity contribution in [3.8, 4) is 0 Å². The van der Waals surface area contributed by atoms with E-state index in [2.05, 4.69) is 21.2 Å². The molecular weight excluding hydrogens is 331 g/mol. The van der Waals surface area contributed by atoms with Crippen LogP contribution in [0.3, 0.4) is 0 Å². The zero-order valence-electron chi connectivity index (χ0n) is 9.42. The third-order valence-electron chi connectivity index (χ3n) is 2.16. The predicted octanol–water partition coefficient (Wildman–Crippen LogP) is 2.67. The minimum absolute atomic E-state index is 0.156. The fourth-order valence-electron chi connectivity index (χ4n) is 1.25. The number of carboxylic acids is 1. The molecule has 1 aromatic carbocycles. The molecule has 0 heterocycles. The summed E-state index contributed by atoms with van der Waals surface area (Å²) in [6.07, 6.45) is -4.85. The van der Waals surface area contributed by atoms with Crippen LogP contribution in [0.25, 0.3) is 0 Å². The van der Waals surface area contributed by atoms with Crippen LogP contribution < -0.4 is 5.32 Å². The molecule has 0 saturated carbocycles. The number of rotatable bonds is 4.